The first kappa shape index (κ1) is 23.5. The molecule has 0 radical (unpaired) electrons. The van der Waals surface area contributed by atoms with Gasteiger partial charge in [0.15, 0.2) is 0 Å². The lowest BCUT2D eigenvalue weighted by atomic mass is 9.77. The summed E-state index contributed by atoms with van der Waals surface area (Å²) in [6.07, 6.45) is -0.964. The first-order valence-electron chi connectivity index (χ1n) is 11.8. The van der Waals surface area contributed by atoms with Gasteiger partial charge in [-0.15, -0.1) is 0 Å². The Kier molecular flexibility index (Phi) is 6.07. The van der Waals surface area contributed by atoms with Crippen LogP contribution in [0.5, 0.6) is 11.5 Å². The highest BCUT2D eigenvalue weighted by Crippen LogP contribution is 2.45. The predicted octanol–water partition coefficient (Wildman–Crippen LogP) is 8.22. The molecule has 2 nitrogen and oxygen atoms in total. The number of rotatable bonds is 5. The van der Waals surface area contributed by atoms with Crippen LogP contribution in [0.2, 0.25) is 0 Å². The molecule has 0 saturated heterocycles. The van der Waals surface area contributed by atoms with Gasteiger partial charge in [0.05, 0.1) is 25.2 Å². The Bertz CT molecular complexity index is 1410. The smallest absolute Gasteiger partial charge is 0.416 e. The third-order valence-corrected chi connectivity index (χ3v) is 7.23. The van der Waals surface area contributed by atoms with E-state index in [-0.39, 0.29) is 17.9 Å². The Balaban J connectivity index is 1.55. The zero-order valence-corrected chi connectivity index (χ0v) is 19.6. The third kappa shape index (κ3) is 4.19. The molecule has 0 fully saturated rings. The van der Waals surface area contributed by atoms with Crippen molar-refractivity contribution in [1.82, 2.24) is 0 Å². The maximum atomic E-state index is 13.5. The van der Waals surface area contributed by atoms with E-state index in [2.05, 4.69) is 24.3 Å². The Morgan fingerprint density at radius 3 is 2.43 bits per heavy atom. The maximum absolute atomic E-state index is 13.5. The van der Waals surface area contributed by atoms with Crippen molar-refractivity contribution >= 4 is 21.5 Å². The van der Waals surface area contributed by atoms with Crippen molar-refractivity contribution in [3.8, 4) is 11.5 Å². The van der Waals surface area contributed by atoms with Crippen molar-refractivity contribution in [2.75, 3.05) is 14.2 Å². The van der Waals surface area contributed by atoms with Crippen LogP contribution in [-0.4, -0.2) is 14.2 Å². The van der Waals surface area contributed by atoms with Crippen LogP contribution < -0.4 is 9.47 Å². The Morgan fingerprint density at radius 2 is 1.69 bits per heavy atom. The summed E-state index contributed by atoms with van der Waals surface area (Å²) < 4.78 is 65.3. The molecule has 5 rings (SSSR count). The minimum Gasteiger partial charge on any atom is -0.496 e. The molecule has 182 valence electrons. The third-order valence-electron chi connectivity index (χ3n) is 7.23. The molecular weight excluding hydrogens is 456 g/mol. The summed E-state index contributed by atoms with van der Waals surface area (Å²) in [6.45, 7) is 0. The van der Waals surface area contributed by atoms with Crippen molar-refractivity contribution in [1.29, 1.82) is 0 Å². The maximum Gasteiger partial charge on any atom is 0.416 e. The van der Waals surface area contributed by atoms with E-state index in [1.54, 1.807) is 14.2 Å². The number of ether oxygens (including phenoxy) is 2. The van der Waals surface area contributed by atoms with Crippen molar-refractivity contribution in [2.45, 2.75) is 44.2 Å². The van der Waals surface area contributed by atoms with Crippen LogP contribution in [0.25, 0.3) is 21.5 Å². The molecule has 0 heterocycles. The van der Waals surface area contributed by atoms with E-state index in [0.29, 0.717) is 12.5 Å². The van der Waals surface area contributed by atoms with Gasteiger partial charge in [-0.2, -0.15) is 13.2 Å². The summed E-state index contributed by atoms with van der Waals surface area (Å²) in [6, 6.07) is 15.2. The number of halogens is 4. The summed E-state index contributed by atoms with van der Waals surface area (Å²) in [5.41, 5.74) is 1.68. The van der Waals surface area contributed by atoms with E-state index in [9.17, 15) is 17.6 Å². The fraction of sp³-hybridized carbons (Fsp3) is 0.310. The van der Waals surface area contributed by atoms with Crippen LogP contribution >= 0.6 is 0 Å². The van der Waals surface area contributed by atoms with E-state index in [0.717, 1.165) is 58.4 Å². The molecule has 0 saturated carbocycles. The lowest BCUT2D eigenvalue weighted by Crippen LogP contribution is -2.14. The molecule has 0 unspecified atom stereocenters. The van der Waals surface area contributed by atoms with E-state index in [1.165, 1.54) is 17.2 Å². The highest BCUT2D eigenvalue weighted by Gasteiger charge is 2.34. The summed E-state index contributed by atoms with van der Waals surface area (Å²) in [5.74, 6) is 0.757. The van der Waals surface area contributed by atoms with Gasteiger partial charge in [-0.25, -0.2) is 4.39 Å². The minimum atomic E-state index is -4.57. The molecule has 0 N–H and O–H groups in total. The average molecular weight is 483 g/mol. The Morgan fingerprint density at radius 1 is 0.886 bits per heavy atom. The number of hydrogen-bond donors (Lipinski definition) is 0. The number of benzene rings is 4. The second-order valence-corrected chi connectivity index (χ2v) is 9.12. The number of alkyl halides is 3. The van der Waals surface area contributed by atoms with Crippen LogP contribution in [0.1, 0.15) is 47.4 Å². The van der Waals surface area contributed by atoms with Gasteiger partial charge in [0, 0.05) is 0 Å². The van der Waals surface area contributed by atoms with Crippen molar-refractivity contribution in [2.24, 2.45) is 0 Å². The monoisotopic (exact) mass is 482 g/mol. The van der Waals surface area contributed by atoms with Gasteiger partial charge in [0.25, 0.3) is 0 Å². The number of aryl methyl sites for hydroxylation is 2. The summed E-state index contributed by atoms with van der Waals surface area (Å²) >= 11 is 0. The number of hydrogen-bond acceptors (Lipinski definition) is 2. The molecule has 1 atom stereocenters. The van der Waals surface area contributed by atoms with Crippen molar-refractivity contribution in [3.63, 3.8) is 0 Å². The van der Waals surface area contributed by atoms with Crippen molar-refractivity contribution < 1.29 is 27.0 Å². The first-order chi connectivity index (χ1) is 16.8. The highest BCUT2D eigenvalue weighted by molar-refractivity contribution is 6.13. The molecule has 0 aliphatic heterocycles. The summed E-state index contributed by atoms with van der Waals surface area (Å²) in [5, 5.41) is 4.19. The predicted molar refractivity (Wildman–Crippen MR) is 130 cm³/mol. The minimum absolute atomic E-state index is 0.140. The fourth-order valence-corrected chi connectivity index (χ4v) is 5.63. The summed E-state index contributed by atoms with van der Waals surface area (Å²) in [4.78, 5) is 0. The lowest BCUT2D eigenvalue weighted by Gasteiger charge is -2.28. The molecule has 1 aliphatic rings. The van der Waals surface area contributed by atoms with E-state index >= 15 is 0 Å². The molecule has 1 aliphatic carbocycles. The molecular formula is C29H26F4O2. The van der Waals surface area contributed by atoms with Gasteiger partial charge in [-0.05, 0) is 95.1 Å². The Hall–Kier alpha value is -3.28. The molecule has 4 aromatic rings. The van der Waals surface area contributed by atoms with Crippen LogP contribution in [-0.2, 0) is 19.0 Å². The molecule has 0 bridgehead atoms. The lowest BCUT2D eigenvalue weighted by molar-refractivity contribution is -0.138. The molecule has 6 heteroatoms. The standard InChI is InChI=1S/C29H26F4O2/c1-34-26-8-4-7-23-22-14-13-20-17(5-3-6-21(20)24(22)16-27(35-2)28(23)26)9-10-18-11-12-19(30)15-25(18)29(31,32)33/h4,7-8,11-17H,3,5-6,9-10H2,1-2H3/t17-/m0/s1. The van der Waals surface area contributed by atoms with Crippen LogP contribution in [0, 0.1) is 5.82 Å². The fourth-order valence-electron chi connectivity index (χ4n) is 5.63. The van der Waals surface area contributed by atoms with Crippen LogP contribution in [0.3, 0.4) is 0 Å². The molecule has 0 spiro atoms. The van der Waals surface area contributed by atoms with Crippen LogP contribution in [0.4, 0.5) is 17.6 Å². The second-order valence-electron chi connectivity index (χ2n) is 9.12. The van der Waals surface area contributed by atoms with Gasteiger partial charge < -0.3 is 9.47 Å². The van der Waals surface area contributed by atoms with E-state index in [4.69, 9.17) is 9.47 Å². The van der Waals surface area contributed by atoms with Gasteiger partial charge in [-0.3, -0.25) is 0 Å². The van der Waals surface area contributed by atoms with Crippen molar-refractivity contribution in [3.05, 3.63) is 82.7 Å². The molecule has 35 heavy (non-hydrogen) atoms. The van der Waals surface area contributed by atoms with Gasteiger partial charge in [0.2, 0.25) is 0 Å². The Labute approximate surface area is 201 Å². The van der Waals surface area contributed by atoms with Gasteiger partial charge >= 0.3 is 6.18 Å². The number of fused-ring (bicyclic) bond motifs is 5. The first-order valence-corrected chi connectivity index (χ1v) is 11.8. The van der Waals surface area contributed by atoms with E-state index in [1.807, 2.05) is 12.1 Å². The van der Waals surface area contributed by atoms with Gasteiger partial charge in [0.1, 0.15) is 17.3 Å². The van der Waals surface area contributed by atoms with Gasteiger partial charge in [-0.1, -0.05) is 30.3 Å². The quantitative estimate of drug-likeness (QED) is 0.211. The topological polar surface area (TPSA) is 18.5 Å². The highest BCUT2D eigenvalue weighted by atomic mass is 19.4. The largest absolute Gasteiger partial charge is 0.496 e. The van der Waals surface area contributed by atoms with Crippen LogP contribution in [0.15, 0.2) is 54.6 Å². The average Bonchev–Trinajstić information content (AvgIpc) is 2.86. The summed E-state index contributed by atoms with van der Waals surface area (Å²) in [7, 11) is 3.29. The van der Waals surface area contributed by atoms with E-state index < -0.39 is 17.6 Å². The second kappa shape index (κ2) is 9.06. The zero-order chi connectivity index (χ0) is 24.7. The molecule has 0 aromatic heterocycles. The molecule has 4 aromatic carbocycles. The number of methoxy groups -OCH3 is 2. The zero-order valence-electron chi connectivity index (χ0n) is 19.6. The normalized spacial score (nSPS) is 15.9. The molecule has 0 amide bonds. The SMILES string of the molecule is COc1cccc2c1c(OC)cc1c3c(ccc12)[C@H](CCc1ccc(F)cc1C(F)(F)F)CCC3.